The van der Waals surface area contributed by atoms with Crippen LogP contribution in [0.1, 0.15) is 63.6 Å². The Bertz CT molecular complexity index is 635. The summed E-state index contributed by atoms with van der Waals surface area (Å²) >= 11 is 1.70. The average Bonchev–Trinajstić information content (AvgIpc) is 2.54. The molecular weight excluding hydrogens is 322 g/mol. The molecule has 0 radical (unpaired) electrons. The van der Waals surface area contributed by atoms with Gasteiger partial charge in [0.2, 0.25) is 0 Å². The Morgan fingerprint density at radius 2 is 1.52 bits per heavy atom. The Kier molecular flexibility index (Phi) is 7.15. The summed E-state index contributed by atoms with van der Waals surface area (Å²) in [5, 5.41) is 0. The molecule has 1 unspecified atom stereocenters. The van der Waals surface area contributed by atoms with E-state index in [9.17, 15) is 0 Å². The number of hydrogen-bond donors (Lipinski definition) is 1. The summed E-state index contributed by atoms with van der Waals surface area (Å²) in [5.41, 5.74) is 4.47. The number of rotatable bonds is 7. The minimum Gasteiger partial charge on any atom is -0.255 e. The highest BCUT2D eigenvalue weighted by Crippen LogP contribution is 2.36. The summed E-state index contributed by atoms with van der Waals surface area (Å²) in [6, 6.07) is 17.8. The Labute approximate surface area is 158 Å². The highest BCUT2D eigenvalue weighted by Gasteiger charge is 2.22. The van der Waals surface area contributed by atoms with Crippen molar-refractivity contribution in [2.24, 2.45) is 11.3 Å². The van der Waals surface area contributed by atoms with Gasteiger partial charge in [-0.05, 0) is 65.8 Å². The highest BCUT2D eigenvalue weighted by atomic mass is 32.2. The zero-order valence-corrected chi connectivity index (χ0v) is 17.4. The van der Waals surface area contributed by atoms with E-state index in [4.69, 9.17) is 0 Å². The third kappa shape index (κ3) is 6.87. The maximum Gasteiger partial charge on any atom is 0.0313 e. The van der Waals surface area contributed by atoms with Gasteiger partial charge in [-0.3, -0.25) is 4.72 Å². The molecule has 0 aromatic heterocycles. The van der Waals surface area contributed by atoms with Gasteiger partial charge in [-0.1, -0.05) is 76.6 Å². The topological polar surface area (TPSA) is 12.0 Å². The van der Waals surface area contributed by atoms with Gasteiger partial charge in [0.25, 0.3) is 0 Å². The van der Waals surface area contributed by atoms with E-state index < -0.39 is 0 Å². The summed E-state index contributed by atoms with van der Waals surface area (Å²) < 4.78 is 3.46. The summed E-state index contributed by atoms with van der Waals surface area (Å²) in [7, 11) is 0. The van der Waals surface area contributed by atoms with Gasteiger partial charge in [-0.15, -0.1) is 0 Å². The van der Waals surface area contributed by atoms with Gasteiger partial charge in [-0.2, -0.15) is 0 Å². The number of benzene rings is 2. The third-order valence-corrected chi connectivity index (χ3v) is 5.33. The molecule has 25 heavy (non-hydrogen) atoms. The van der Waals surface area contributed by atoms with Crippen LogP contribution in [0.4, 0.5) is 0 Å². The van der Waals surface area contributed by atoms with Crippen LogP contribution in [0.3, 0.4) is 0 Å². The van der Waals surface area contributed by atoms with Crippen LogP contribution in [0.25, 0.3) is 0 Å². The second-order valence-corrected chi connectivity index (χ2v) is 9.56. The highest BCUT2D eigenvalue weighted by molar-refractivity contribution is 7.97. The molecule has 0 heterocycles. The molecule has 0 aliphatic carbocycles. The van der Waals surface area contributed by atoms with E-state index in [0.29, 0.717) is 17.3 Å². The van der Waals surface area contributed by atoms with Crippen molar-refractivity contribution in [2.45, 2.75) is 65.3 Å². The minimum atomic E-state index is 0.361. The second-order valence-electron chi connectivity index (χ2n) is 8.59. The molecule has 0 saturated carbocycles. The fraction of sp³-hybridized carbons (Fsp3) is 0.478. The Morgan fingerprint density at radius 3 is 2.04 bits per heavy atom. The van der Waals surface area contributed by atoms with Crippen LogP contribution in [-0.2, 0) is 6.54 Å². The van der Waals surface area contributed by atoms with Crippen LogP contribution in [-0.4, -0.2) is 0 Å². The van der Waals surface area contributed by atoms with Gasteiger partial charge in [0.05, 0.1) is 0 Å². The molecule has 2 aromatic carbocycles. The van der Waals surface area contributed by atoms with E-state index in [0.717, 1.165) is 6.54 Å². The maximum absolute atomic E-state index is 3.46. The molecule has 0 saturated heterocycles. The molecule has 0 amide bonds. The molecule has 0 aliphatic rings. The quantitative estimate of drug-likeness (QED) is 0.538. The molecular formula is C23H33NS. The largest absolute Gasteiger partial charge is 0.255 e. The third-order valence-electron chi connectivity index (χ3n) is 4.53. The lowest BCUT2D eigenvalue weighted by Crippen LogP contribution is -2.16. The molecule has 0 spiro atoms. The molecule has 2 rings (SSSR count). The van der Waals surface area contributed by atoms with Crippen LogP contribution in [0.15, 0.2) is 53.4 Å². The molecule has 1 nitrogen and oxygen atoms in total. The standard InChI is InChI=1S/C23H33NS/c1-17(2)22(15-23(4,5)6)20-11-9-19(10-12-20)16-24-25-21-13-7-18(3)8-14-21/h7-14,17,22,24H,15-16H2,1-6H3. The van der Waals surface area contributed by atoms with Gasteiger partial charge in [0.15, 0.2) is 0 Å². The van der Waals surface area contributed by atoms with Crippen LogP contribution >= 0.6 is 11.9 Å². The van der Waals surface area contributed by atoms with E-state index in [1.54, 1.807) is 11.9 Å². The summed E-state index contributed by atoms with van der Waals surface area (Å²) in [5.74, 6) is 1.30. The van der Waals surface area contributed by atoms with Gasteiger partial charge in [0, 0.05) is 11.4 Å². The predicted octanol–water partition coefficient (Wildman–Crippen LogP) is 6.97. The summed E-state index contributed by atoms with van der Waals surface area (Å²) in [6.07, 6.45) is 1.23. The van der Waals surface area contributed by atoms with Crippen LogP contribution in [0.2, 0.25) is 0 Å². The fourth-order valence-corrected chi connectivity index (χ4v) is 3.77. The first-order chi connectivity index (χ1) is 11.7. The SMILES string of the molecule is Cc1ccc(SNCc2ccc(C(CC(C)(C)C)C(C)C)cc2)cc1. The molecule has 1 atom stereocenters. The Hall–Kier alpha value is -1.25. The van der Waals surface area contributed by atoms with Crippen molar-refractivity contribution in [2.75, 3.05) is 0 Å². The first-order valence-electron chi connectivity index (χ1n) is 9.30. The lowest BCUT2D eigenvalue weighted by atomic mass is 9.76. The molecule has 0 bridgehead atoms. The van der Waals surface area contributed by atoms with E-state index in [1.807, 2.05) is 0 Å². The first kappa shape index (κ1) is 20.1. The van der Waals surface area contributed by atoms with Gasteiger partial charge in [-0.25, -0.2) is 0 Å². The molecule has 2 heteroatoms. The summed E-state index contributed by atoms with van der Waals surface area (Å²) in [4.78, 5) is 1.26. The number of nitrogens with one attached hydrogen (secondary N) is 1. The van der Waals surface area contributed by atoms with Crippen molar-refractivity contribution in [3.63, 3.8) is 0 Å². The summed E-state index contributed by atoms with van der Waals surface area (Å²) in [6.45, 7) is 14.7. The minimum absolute atomic E-state index is 0.361. The van der Waals surface area contributed by atoms with E-state index in [2.05, 4.69) is 94.8 Å². The number of aryl methyl sites for hydroxylation is 1. The van der Waals surface area contributed by atoms with Crippen molar-refractivity contribution in [1.29, 1.82) is 0 Å². The first-order valence-corrected chi connectivity index (χ1v) is 10.1. The van der Waals surface area contributed by atoms with Crippen molar-refractivity contribution < 1.29 is 0 Å². The van der Waals surface area contributed by atoms with Crippen LogP contribution < -0.4 is 4.72 Å². The zero-order chi connectivity index (χ0) is 18.4. The van der Waals surface area contributed by atoms with Crippen molar-refractivity contribution in [3.05, 3.63) is 65.2 Å². The van der Waals surface area contributed by atoms with Crippen LogP contribution in [0, 0.1) is 18.3 Å². The van der Waals surface area contributed by atoms with E-state index >= 15 is 0 Å². The predicted molar refractivity (Wildman–Crippen MR) is 112 cm³/mol. The lowest BCUT2D eigenvalue weighted by molar-refractivity contribution is 0.301. The van der Waals surface area contributed by atoms with E-state index in [1.165, 1.54) is 28.0 Å². The van der Waals surface area contributed by atoms with Crippen molar-refractivity contribution in [3.8, 4) is 0 Å². The zero-order valence-electron chi connectivity index (χ0n) is 16.6. The van der Waals surface area contributed by atoms with Gasteiger partial charge in [0.1, 0.15) is 0 Å². The van der Waals surface area contributed by atoms with E-state index in [-0.39, 0.29) is 0 Å². The van der Waals surface area contributed by atoms with Gasteiger partial charge >= 0.3 is 0 Å². The van der Waals surface area contributed by atoms with Crippen molar-refractivity contribution >= 4 is 11.9 Å². The lowest BCUT2D eigenvalue weighted by Gasteiger charge is -2.29. The molecule has 0 fully saturated rings. The number of hydrogen-bond acceptors (Lipinski definition) is 2. The smallest absolute Gasteiger partial charge is 0.0313 e. The molecule has 0 aliphatic heterocycles. The fourth-order valence-electron chi connectivity index (χ4n) is 3.09. The van der Waals surface area contributed by atoms with Crippen molar-refractivity contribution in [1.82, 2.24) is 4.72 Å². The van der Waals surface area contributed by atoms with Gasteiger partial charge < -0.3 is 0 Å². The molecule has 2 aromatic rings. The van der Waals surface area contributed by atoms with Crippen LogP contribution in [0.5, 0.6) is 0 Å². The molecule has 136 valence electrons. The monoisotopic (exact) mass is 355 g/mol. The Morgan fingerprint density at radius 1 is 0.920 bits per heavy atom. The molecule has 1 N–H and O–H groups in total. The second kappa shape index (κ2) is 8.91. The average molecular weight is 356 g/mol. The normalized spacial score (nSPS) is 13.2. The maximum atomic E-state index is 3.46. The Balaban J connectivity index is 1.93.